The van der Waals surface area contributed by atoms with Gasteiger partial charge in [0.05, 0.1) is 14.2 Å². The second-order valence-electron chi connectivity index (χ2n) is 2.49. The van der Waals surface area contributed by atoms with Gasteiger partial charge in [0.15, 0.2) is 5.92 Å². The zero-order valence-corrected chi connectivity index (χ0v) is 8.67. The van der Waals surface area contributed by atoms with Crippen LogP contribution in [0.15, 0.2) is 0 Å². The number of ether oxygens (including phenoxy) is 2. The molecule has 0 saturated carbocycles. The fourth-order valence-corrected chi connectivity index (χ4v) is 0.983. The summed E-state index contributed by atoms with van der Waals surface area (Å²) in [6.07, 6.45) is -0.0713. The first-order valence-electron chi connectivity index (χ1n) is 3.87. The molecule has 0 aromatic carbocycles. The van der Waals surface area contributed by atoms with Crippen molar-refractivity contribution in [3.05, 3.63) is 0 Å². The van der Waals surface area contributed by atoms with Crippen LogP contribution in [0.4, 0.5) is 0 Å². The van der Waals surface area contributed by atoms with Gasteiger partial charge in [-0.05, 0) is 18.0 Å². The Hall–Kier alpha value is -1.10. The van der Waals surface area contributed by atoms with Crippen LogP contribution >= 0.6 is 11.6 Å². The van der Waals surface area contributed by atoms with Crippen LogP contribution in [-0.2, 0) is 23.9 Å². The summed E-state index contributed by atoms with van der Waals surface area (Å²) in [5.74, 6) is -2.53. The highest BCUT2D eigenvalue weighted by molar-refractivity contribution is 6.63. The van der Waals surface area contributed by atoms with E-state index in [0.717, 1.165) is 14.2 Å². The Kier molecular flexibility index (Phi) is 5.87. The average molecular weight is 223 g/mol. The molecule has 80 valence electrons. The van der Waals surface area contributed by atoms with Crippen LogP contribution in [0.25, 0.3) is 0 Å². The van der Waals surface area contributed by atoms with Gasteiger partial charge in [-0.1, -0.05) is 0 Å². The maximum Gasteiger partial charge on any atom is 0.320 e. The third-order valence-electron chi connectivity index (χ3n) is 1.60. The molecule has 0 spiro atoms. The third-order valence-corrected chi connectivity index (χ3v) is 1.79. The quantitative estimate of drug-likeness (QED) is 0.385. The van der Waals surface area contributed by atoms with Gasteiger partial charge in [0.1, 0.15) is 0 Å². The lowest BCUT2D eigenvalue weighted by atomic mass is 10.0. The van der Waals surface area contributed by atoms with Gasteiger partial charge in [-0.2, -0.15) is 0 Å². The highest BCUT2D eigenvalue weighted by atomic mass is 35.5. The predicted molar refractivity (Wildman–Crippen MR) is 47.6 cm³/mol. The van der Waals surface area contributed by atoms with Gasteiger partial charge in [0.25, 0.3) is 0 Å². The zero-order chi connectivity index (χ0) is 11.1. The van der Waals surface area contributed by atoms with Crippen LogP contribution < -0.4 is 0 Å². The first-order chi connectivity index (χ1) is 6.52. The Bertz CT molecular complexity index is 222. The predicted octanol–water partition coefficient (Wildman–Crippen LogP) is 0.494. The highest BCUT2D eigenvalue weighted by Gasteiger charge is 2.28. The van der Waals surface area contributed by atoms with Crippen molar-refractivity contribution in [2.75, 3.05) is 14.2 Å². The molecule has 0 aliphatic carbocycles. The first-order valence-corrected chi connectivity index (χ1v) is 4.24. The Morgan fingerprint density at radius 2 is 1.57 bits per heavy atom. The number of carbonyl (C=O) groups is 3. The summed E-state index contributed by atoms with van der Waals surface area (Å²) in [5.41, 5.74) is 0. The van der Waals surface area contributed by atoms with E-state index in [2.05, 4.69) is 9.47 Å². The number of hydrogen-bond acceptors (Lipinski definition) is 5. The summed E-state index contributed by atoms with van der Waals surface area (Å²) < 4.78 is 8.75. The molecule has 0 aromatic heterocycles. The molecular weight excluding hydrogens is 212 g/mol. The van der Waals surface area contributed by atoms with Crippen LogP contribution in [0, 0.1) is 5.92 Å². The molecule has 0 radical (unpaired) electrons. The summed E-state index contributed by atoms with van der Waals surface area (Å²) in [6.45, 7) is 0. The van der Waals surface area contributed by atoms with Gasteiger partial charge in [-0.15, -0.1) is 0 Å². The largest absolute Gasteiger partial charge is 0.468 e. The monoisotopic (exact) mass is 222 g/mol. The summed E-state index contributed by atoms with van der Waals surface area (Å²) in [5, 5.41) is -0.609. The molecule has 0 N–H and O–H groups in total. The fourth-order valence-electron chi connectivity index (χ4n) is 0.874. The average Bonchev–Trinajstić information content (AvgIpc) is 2.16. The van der Waals surface area contributed by atoms with Gasteiger partial charge in [-0.3, -0.25) is 14.4 Å². The SMILES string of the molecule is COC(=O)C(CCC(=O)Cl)C(=O)OC. The smallest absolute Gasteiger partial charge is 0.320 e. The van der Waals surface area contributed by atoms with Crippen molar-refractivity contribution >= 4 is 28.8 Å². The first kappa shape index (κ1) is 12.9. The number of methoxy groups -OCH3 is 2. The van der Waals surface area contributed by atoms with Crippen LogP contribution in [-0.4, -0.2) is 31.4 Å². The minimum atomic E-state index is -1.08. The number of hydrogen-bond donors (Lipinski definition) is 0. The lowest BCUT2D eigenvalue weighted by molar-refractivity contribution is -0.159. The van der Waals surface area contributed by atoms with Crippen molar-refractivity contribution in [2.45, 2.75) is 12.8 Å². The van der Waals surface area contributed by atoms with E-state index < -0.39 is 23.1 Å². The maximum absolute atomic E-state index is 11.0. The van der Waals surface area contributed by atoms with E-state index in [1.54, 1.807) is 0 Å². The molecule has 0 saturated heterocycles. The van der Waals surface area contributed by atoms with E-state index in [4.69, 9.17) is 11.6 Å². The highest BCUT2D eigenvalue weighted by Crippen LogP contribution is 2.11. The molecule has 0 rings (SSSR count). The number of rotatable bonds is 5. The Morgan fingerprint density at radius 1 is 1.14 bits per heavy atom. The van der Waals surface area contributed by atoms with E-state index in [0.29, 0.717) is 0 Å². The molecule has 0 aromatic rings. The molecule has 14 heavy (non-hydrogen) atoms. The van der Waals surface area contributed by atoms with Crippen LogP contribution in [0.3, 0.4) is 0 Å². The van der Waals surface area contributed by atoms with E-state index in [-0.39, 0.29) is 12.8 Å². The normalized spacial score (nSPS) is 9.71. The maximum atomic E-state index is 11.0. The summed E-state index contributed by atoms with van der Waals surface area (Å²) in [6, 6.07) is 0. The van der Waals surface area contributed by atoms with Crippen LogP contribution in [0.1, 0.15) is 12.8 Å². The van der Waals surface area contributed by atoms with Crippen molar-refractivity contribution < 1.29 is 23.9 Å². The molecule has 0 aliphatic heterocycles. The minimum Gasteiger partial charge on any atom is -0.468 e. The van der Waals surface area contributed by atoms with E-state index in [1.807, 2.05) is 0 Å². The summed E-state index contributed by atoms with van der Waals surface area (Å²) in [7, 11) is 2.31. The summed E-state index contributed by atoms with van der Waals surface area (Å²) in [4.78, 5) is 32.5. The van der Waals surface area contributed by atoms with E-state index >= 15 is 0 Å². The minimum absolute atomic E-state index is 0.00167. The molecule has 0 amide bonds. The summed E-state index contributed by atoms with van der Waals surface area (Å²) >= 11 is 5.07. The second-order valence-corrected chi connectivity index (χ2v) is 2.91. The second kappa shape index (κ2) is 6.37. The van der Waals surface area contributed by atoms with E-state index in [9.17, 15) is 14.4 Å². The van der Waals surface area contributed by atoms with Crippen molar-refractivity contribution in [2.24, 2.45) is 5.92 Å². The number of carbonyl (C=O) groups excluding carboxylic acids is 3. The molecule has 0 atom stereocenters. The molecule has 0 fully saturated rings. The molecule has 0 bridgehead atoms. The van der Waals surface area contributed by atoms with Crippen molar-refractivity contribution in [1.82, 2.24) is 0 Å². The van der Waals surface area contributed by atoms with Crippen molar-refractivity contribution in [3.8, 4) is 0 Å². The van der Waals surface area contributed by atoms with Crippen LogP contribution in [0.2, 0.25) is 0 Å². The molecule has 6 heteroatoms. The van der Waals surface area contributed by atoms with Gasteiger partial charge in [0, 0.05) is 6.42 Å². The number of halogens is 1. The Balaban J connectivity index is 4.32. The number of esters is 2. The molecular formula is C8H11ClO5. The van der Waals surface area contributed by atoms with Crippen molar-refractivity contribution in [1.29, 1.82) is 0 Å². The van der Waals surface area contributed by atoms with Gasteiger partial charge >= 0.3 is 11.9 Å². The molecule has 0 unspecified atom stereocenters. The van der Waals surface area contributed by atoms with Crippen LogP contribution in [0.5, 0.6) is 0 Å². The molecule has 0 heterocycles. The Labute approximate surface area is 86.3 Å². The standard InChI is InChI=1S/C8H11ClO5/c1-13-7(11)5(8(12)14-2)3-4-6(9)10/h5H,3-4H2,1-2H3. The Morgan fingerprint density at radius 3 is 1.86 bits per heavy atom. The zero-order valence-electron chi connectivity index (χ0n) is 7.91. The third kappa shape index (κ3) is 4.23. The van der Waals surface area contributed by atoms with Crippen molar-refractivity contribution in [3.63, 3.8) is 0 Å². The fraction of sp³-hybridized carbons (Fsp3) is 0.625. The lowest BCUT2D eigenvalue weighted by Gasteiger charge is -2.10. The van der Waals surface area contributed by atoms with E-state index in [1.165, 1.54) is 0 Å². The topological polar surface area (TPSA) is 69.7 Å². The van der Waals surface area contributed by atoms with Gasteiger partial charge < -0.3 is 9.47 Å². The van der Waals surface area contributed by atoms with Gasteiger partial charge in [0.2, 0.25) is 5.24 Å². The molecule has 0 aliphatic rings. The van der Waals surface area contributed by atoms with Gasteiger partial charge in [-0.25, -0.2) is 0 Å². The lowest BCUT2D eigenvalue weighted by Crippen LogP contribution is -2.26. The molecule has 5 nitrogen and oxygen atoms in total.